The summed E-state index contributed by atoms with van der Waals surface area (Å²) in [5.74, 6) is 0.997. The molecular weight excluding hydrogens is 272 g/mol. The zero-order chi connectivity index (χ0) is 15.0. The van der Waals surface area contributed by atoms with E-state index in [1.807, 2.05) is 6.92 Å². The van der Waals surface area contributed by atoms with E-state index in [1.54, 1.807) is 6.07 Å². The Hall–Kier alpha value is -2.28. The van der Waals surface area contributed by atoms with E-state index in [-0.39, 0.29) is 17.6 Å². The van der Waals surface area contributed by atoms with Crippen LogP contribution in [0.3, 0.4) is 0 Å². The number of rotatable bonds is 3. The lowest BCUT2D eigenvalue weighted by molar-refractivity contribution is -0.384. The van der Waals surface area contributed by atoms with E-state index in [0.29, 0.717) is 17.3 Å². The summed E-state index contributed by atoms with van der Waals surface area (Å²) in [6.45, 7) is 1.86. The number of nitro groups is 1. The van der Waals surface area contributed by atoms with Crippen molar-refractivity contribution in [1.82, 2.24) is 10.1 Å². The van der Waals surface area contributed by atoms with Crippen molar-refractivity contribution in [3.8, 4) is 11.4 Å². The van der Waals surface area contributed by atoms with Gasteiger partial charge in [0.15, 0.2) is 0 Å². The van der Waals surface area contributed by atoms with Crippen LogP contribution in [-0.2, 0) is 0 Å². The van der Waals surface area contributed by atoms with Gasteiger partial charge in [-0.2, -0.15) is 4.98 Å². The Kier molecular flexibility index (Phi) is 3.42. The van der Waals surface area contributed by atoms with E-state index in [0.717, 1.165) is 24.8 Å². The zero-order valence-electron chi connectivity index (χ0n) is 11.7. The van der Waals surface area contributed by atoms with Gasteiger partial charge in [-0.15, -0.1) is 0 Å². The molecule has 0 aliphatic heterocycles. The molecule has 1 heterocycles. The summed E-state index contributed by atoms with van der Waals surface area (Å²) in [6, 6.07) is 4.67. The highest BCUT2D eigenvalue weighted by molar-refractivity contribution is 5.63. The van der Waals surface area contributed by atoms with E-state index < -0.39 is 4.92 Å². The molecule has 110 valence electrons. The molecule has 0 saturated heterocycles. The lowest BCUT2D eigenvalue weighted by Gasteiger charge is -2.08. The van der Waals surface area contributed by atoms with Gasteiger partial charge in [0.25, 0.3) is 5.69 Å². The Morgan fingerprint density at radius 1 is 1.43 bits per heavy atom. The number of nitrogens with two attached hydrogens (primary N) is 1. The first kappa shape index (κ1) is 13.7. The van der Waals surface area contributed by atoms with Gasteiger partial charge >= 0.3 is 0 Å². The standard InChI is InChI=1S/C14H16N4O3/c1-8-5-6-9(18(19)20)7-11(8)13-16-14(21-17-13)10-3-2-4-12(10)15/h5-7,10,12H,2-4,15H2,1H3. The molecule has 2 unspecified atom stereocenters. The van der Waals surface area contributed by atoms with Crippen molar-refractivity contribution >= 4 is 5.69 Å². The molecule has 0 bridgehead atoms. The minimum Gasteiger partial charge on any atom is -0.339 e. The topological polar surface area (TPSA) is 108 Å². The Labute approximate surface area is 121 Å². The van der Waals surface area contributed by atoms with Crippen molar-refractivity contribution in [3.05, 3.63) is 39.8 Å². The molecule has 1 fully saturated rings. The molecule has 1 aliphatic carbocycles. The van der Waals surface area contributed by atoms with Crippen LogP contribution in [-0.4, -0.2) is 21.1 Å². The smallest absolute Gasteiger partial charge is 0.270 e. The number of benzene rings is 1. The molecule has 7 heteroatoms. The van der Waals surface area contributed by atoms with Gasteiger partial charge in [0, 0.05) is 23.7 Å². The Morgan fingerprint density at radius 3 is 2.90 bits per heavy atom. The third-order valence-electron chi connectivity index (χ3n) is 4.00. The molecule has 3 rings (SSSR count). The second-order valence-electron chi connectivity index (χ2n) is 5.41. The van der Waals surface area contributed by atoms with E-state index in [1.165, 1.54) is 12.1 Å². The van der Waals surface area contributed by atoms with Crippen LogP contribution in [0.5, 0.6) is 0 Å². The number of nitro benzene ring substituents is 1. The minimum atomic E-state index is -0.434. The average molecular weight is 288 g/mol. The predicted molar refractivity (Wildman–Crippen MR) is 75.7 cm³/mol. The van der Waals surface area contributed by atoms with Crippen LogP contribution in [0.25, 0.3) is 11.4 Å². The number of nitrogens with zero attached hydrogens (tertiary/aromatic N) is 3. The predicted octanol–water partition coefficient (Wildman–Crippen LogP) is 2.55. The summed E-state index contributed by atoms with van der Waals surface area (Å²) >= 11 is 0. The molecule has 2 aromatic rings. The molecule has 1 saturated carbocycles. The van der Waals surface area contributed by atoms with Gasteiger partial charge in [-0.1, -0.05) is 17.6 Å². The van der Waals surface area contributed by atoms with Gasteiger partial charge in [-0.25, -0.2) is 0 Å². The van der Waals surface area contributed by atoms with Crippen LogP contribution in [0, 0.1) is 17.0 Å². The average Bonchev–Trinajstić information content (AvgIpc) is 3.07. The SMILES string of the molecule is Cc1ccc([N+](=O)[O-])cc1-c1noc(C2CCCC2N)n1. The summed E-state index contributed by atoms with van der Waals surface area (Å²) in [5.41, 5.74) is 7.53. The summed E-state index contributed by atoms with van der Waals surface area (Å²) in [5, 5.41) is 14.8. The van der Waals surface area contributed by atoms with Crippen LogP contribution in [0.1, 0.15) is 36.6 Å². The Morgan fingerprint density at radius 2 is 2.24 bits per heavy atom. The normalized spacial score (nSPS) is 21.6. The van der Waals surface area contributed by atoms with Crippen molar-refractivity contribution < 1.29 is 9.45 Å². The highest BCUT2D eigenvalue weighted by atomic mass is 16.6. The first-order valence-electron chi connectivity index (χ1n) is 6.91. The number of hydrogen-bond acceptors (Lipinski definition) is 6. The van der Waals surface area contributed by atoms with Crippen molar-refractivity contribution in [1.29, 1.82) is 0 Å². The fourth-order valence-corrected chi connectivity index (χ4v) is 2.76. The lowest BCUT2D eigenvalue weighted by atomic mass is 10.0. The first-order valence-corrected chi connectivity index (χ1v) is 6.91. The van der Waals surface area contributed by atoms with Crippen LogP contribution in [0.2, 0.25) is 0 Å². The van der Waals surface area contributed by atoms with Crippen LogP contribution in [0.4, 0.5) is 5.69 Å². The highest BCUT2D eigenvalue weighted by Gasteiger charge is 2.30. The maximum atomic E-state index is 10.9. The fraction of sp³-hybridized carbons (Fsp3) is 0.429. The summed E-state index contributed by atoms with van der Waals surface area (Å²) < 4.78 is 5.32. The number of non-ortho nitro benzene ring substituents is 1. The van der Waals surface area contributed by atoms with E-state index >= 15 is 0 Å². The van der Waals surface area contributed by atoms with Crippen LogP contribution < -0.4 is 5.73 Å². The largest absolute Gasteiger partial charge is 0.339 e. The van der Waals surface area contributed by atoms with Gasteiger partial charge in [0.05, 0.1) is 10.8 Å². The number of aryl methyl sites for hydroxylation is 1. The van der Waals surface area contributed by atoms with Gasteiger partial charge in [-0.3, -0.25) is 10.1 Å². The van der Waals surface area contributed by atoms with Gasteiger partial charge < -0.3 is 10.3 Å². The fourth-order valence-electron chi connectivity index (χ4n) is 2.76. The van der Waals surface area contributed by atoms with Crippen molar-refractivity contribution in [2.24, 2.45) is 5.73 Å². The second kappa shape index (κ2) is 5.25. The maximum Gasteiger partial charge on any atom is 0.270 e. The molecule has 7 nitrogen and oxygen atoms in total. The molecule has 0 spiro atoms. The number of hydrogen-bond donors (Lipinski definition) is 1. The monoisotopic (exact) mass is 288 g/mol. The third-order valence-corrected chi connectivity index (χ3v) is 4.00. The molecular formula is C14H16N4O3. The lowest BCUT2D eigenvalue weighted by Crippen LogP contribution is -2.22. The first-order chi connectivity index (χ1) is 10.1. The van der Waals surface area contributed by atoms with E-state index in [9.17, 15) is 10.1 Å². The van der Waals surface area contributed by atoms with Gasteiger partial charge in [-0.05, 0) is 25.3 Å². The van der Waals surface area contributed by atoms with Gasteiger partial charge in [0.1, 0.15) is 0 Å². The molecule has 1 aliphatic rings. The molecule has 21 heavy (non-hydrogen) atoms. The van der Waals surface area contributed by atoms with Crippen molar-refractivity contribution in [2.45, 2.75) is 38.1 Å². The molecule has 0 radical (unpaired) electrons. The number of aromatic nitrogens is 2. The van der Waals surface area contributed by atoms with Crippen molar-refractivity contribution in [3.63, 3.8) is 0 Å². The highest BCUT2D eigenvalue weighted by Crippen LogP contribution is 2.34. The van der Waals surface area contributed by atoms with Crippen molar-refractivity contribution in [2.75, 3.05) is 0 Å². The Bertz CT molecular complexity index is 683. The quantitative estimate of drug-likeness (QED) is 0.686. The van der Waals surface area contributed by atoms with E-state index in [2.05, 4.69) is 10.1 Å². The molecule has 2 N–H and O–H groups in total. The molecule has 2 atom stereocenters. The summed E-state index contributed by atoms with van der Waals surface area (Å²) in [4.78, 5) is 14.8. The summed E-state index contributed by atoms with van der Waals surface area (Å²) in [6.07, 6.45) is 2.95. The maximum absolute atomic E-state index is 10.9. The molecule has 0 amide bonds. The summed E-state index contributed by atoms with van der Waals surface area (Å²) in [7, 11) is 0. The molecule has 1 aromatic heterocycles. The van der Waals surface area contributed by atoms with Crippen LogP contribution in [0.15, 0.2) is 22.7 Å². The molecule has 1 aromatic carbocycles. The third kappa shape index (κ3) is 2.52. The Balaban J connectivity index is 1.96. The zero-order valence-corrected chi connectivity index (χ0v) is 11.7. The van der Waals surface area contributed by atoms with Gasteiger partial charge in [0.2, 0.25) is 11.7 Å². The van der Waals surface area contributed by atoms with Crippen LogP contribution >= 0.6 is 0 Å². The van der Waals surface area contributed by atoms with E-state index in [4.69, 9.17) is 10.3 Å². The second-order valence-corrected chi connectivity index (χ2v) is 5.41. The minimum absolute atomic E-state index is 0.0134.